The first-order valence-electron chi connectivity index (χ1n) is 8.65. The maximum Gasteiger partial charge on any atom is 0.407 e. The summed E-state index contributed by atoms with van der Waals surface area (Å²) in [7, 11) is -3.83. The zero-order valence-electron chi connectivity index (χ0n) is 15.4. The molecule has 0 unspecified atom stereocenters. The number of aliphatic carboxylic acids is 1. The van der Waals surface area contributed by atoms with Gasteiger partial charge in [-0.15, -0.1) is 0 Å². The molecule has 0 aromatic heterocycles. The molecular formula is C16H28N2O7S. The van der Waals surface area contributed by atoms with Crippen LogP contribution in [0.25, 0.3) is 0 Å². The number of alkyl carbamates (subject to hydrolysis) is 1. The smallest absolute Gasteiger partial charge is 0.407 e. The van der Waals surface area contributed by atoms with Gasteiger partial charge < -0.3 is 15.2 Å². The Morgan fingerprint density at radius 3 is 2.38 bits per heavy atom. The van der Waals surface area contributed by atoms with E-state index in [-0.39, 0.29) is 25.0 Å². The van der Waals surface area contributed by atoms with E-state index in [1.165, 1.54) is 0 Å². The predicted molar refractivity (Wildman–Crippen MR) is 93.9 cm³/mol. The van der Waals surface area contributed by atoms with Crippen molar-refractivity contribution in [2.75, 3.05) is 5.75 Å². The number of carbonyl (C=O) groups is 3. The zero-order valence-corrected chi connectivity index (χ0v) is 16.2. The average molecular weight is 392 g/mol. The number of unbranched alkanes of at least 4 members (excludes halogenated alkanes) is 1. The van der Waals surface area contributed by atoms with E-state index in [2.05, 4.69) is 5.32 Å². The van der Waals surface area contributed by atoms with Gasteiger partial charge in [0.2, 0.25) is 15.9 Å². The molecule has 10 heteroatoms. The van der Waals surface area contributed by atoms with E-state index < -0.39 is 45.6 Å². The Labute approximate surface area is 153 Å². The Balaban J connectivity index is 2.53. The second-order valence-electron chi connectivity index (χ2n) is 7.43. The van der Waals surface area contributed by atoms with Crippen LogP contribution < -0.4 is 10.0 Å². The zero-order chi connectivity index (χ0) is 20.0. The molecule has 1 aliphatic carbocycles. The molecule has 1 aliphatic rings. The highest BCUT2D eigenvalue weighted by Crippen LogP contribution is 2.26. The minimum Gasteiger partial charge on any atom is -0.481 e. The van der Waals surface area contributed by atoms with Gasteiger partial charge in [0.05, 0.1) is 11.7 Å². The number of ether oxygens (including phenoxy) is 1. The van der Waals surface area contributed by atoms with Crippen LogP contribution in [0.1, 0.15) is 59.3 Å². The van der Waals surface area contributed by atoms with Crippen molar-refractivity contribution >= 4 is 28.0 Å². The van der Waals surface area contributed by atoms with Crippen molar-refractivity contribution in [1.82, 2.24) is 10.0 Å². The summed E-state index contributed by atoms with van der Waals surface area (Å²) in [5.74, 6) is -2.60. The number of hydrogen-bond donors (Lipinski definition) is 3. The molecule has 0 heterocycles. The highest BCUT2D eigenvalue weighted by atomic mass is 32.2. The third kappa shape index (κ3) is 8.50. The fourth-order valence-electron chi connectivity index (χ4n) is 2.75. The lowest BCUT2D eigenvalue weighted by Crippen LogP contribution is -2.47. The van der Waals surface area contributed by atoms with Crippen LogP contribution in [0.2, 0.25) is 0 Å². The second-order valence-corrected chi connectivity index (χ2v) is 9.27. The maximum absolute atomic E-state index is 12.3. The van der Waals surface area contributed by atoms with Gasteiger partial charge in [0.15, 0.2) is 0 Å². The lowest BCUT2D eigenvalue weighted by Gasteiger charge is -2.24. The van der Waals surface area contributed by atoms with Crippen molar-refractivity contribution in [3.8, 4) is 0 Å². The molecule has 9 nitrogen and oxygen atoms in total. The predicted octanol–water partition coefficient (Wildman–Crippen LogP) is 1.38. The van der Waals surface area contributed by atoms with Crippen LogP contribution in [0.4, 0.5) is 4.79 Å². The standard InChI is InChI=1S/C16H28N2O7S/c1-16(2,3)25-15(22)17-12-8-6-7-11(12)14(21)18-26(23,24)10-5-4-9-13(19)20/h11-12H,4-10H2,1-3H3,(H,17,22)(H,18,21)(H,19,20)/t11-,12+/m1/s1. The molecule has 0 aromatic rings. The molecule has 0 aromatic carbocycles. The van der Waals surface area contributed by atoms with Crippen LogP contribution >= 0.6 is 0 Å². The number of carbonyl (C=O) groups excluding carboxylic acids is 2. The Morgan fingerprint density at radius 2 is 1.81 bits per heavy atom. The average Bonchev–Trinajstić information content (AvgIpc) is 2.89. The van der Waals surface area contributed by atoms with E-state index in [0.717, 1.165) is 0 Å². The summed E-state index contributed by atoms with van der Waals surface area (Å²) < 4.78 is 31.1. The van der Waals surface area contributed by atoms with Gasteiger partial charge in [-0.25, -0.2) is 13.2 Å². The first-order chi connectivity index (χ1) is 11.9. The molecule has 3 N–H and O–H groups in total. The van der Waals surface area contributed by atoms with Crippen molar-refractivity contribution < 1.29 is 32.6 Å². The summed E-state index contributed by atoms with van der Waals surface area (Å²) in [5, 5.41) is 11.2. The number of hydrogen-bond acceptors (Lipinski definition) is 6. The fraction of sp³-hybridized carbons (Fsp3) is 0.812. The molecule has 0 radical (unpaired) electrons. The van der Waals surface area contributed by atoms with Gasteiger partial charge >= 0.3 is 12.1 Å². The van der Waals surface area contributed by atoms with Crippen molar-refractivity contribution in [3.63, 3.8) is 0 Å². The number of carboxylic acid groups (broad SMARTS) is 1. The number of amides is 2. The summed E-state index contributed by atoms with van der Waals surface area (Å²) in [5.41, 5.74) is -0.667. The van der Waals surface area contributed by atoms with Gasteiger partial charge in [0.25, 0.3) is 0 Å². The first-order valence-corrected chi connectivity index (χ1v) is 10.3. The molecule has 1 fully saturated rings. The highest BCUT2D eigenvalue weighted by Gasteiger charge is 2.36. The molecule has 0 bridgehead atoms. The third-order valence-electron chi connectivity index (χ3n) is 3.86. The second kappa shape index (κ2) is 9.20. The molecule has 0 saturated heterocycles. The quantitative estimate of drug-likeness (QED) is 0.530. The van der Waals surface area contributed by atoms with E-state index in [1.54, 1.807) is 20.8 Å². The molecule has 150 valence electrons. The van der Waals surface area contributed by atoms with Crippen molar-refractivity contribution in [2.24, 2.45) is 5.92 Å². The Bertz CT molecular complexity index is 625. The summed E-state index contributed by atoms with van der Waals surface area (Å²) in [4.78, 5) is 34.6. The van der Waals surface area contributed by atoms with Crippen LogP contribution in [-0.4, -0.2) is 48.9 Å². The minimum atomic E-state index is -3.83. The molecule has 26 heavy (non-hydrogen) atoms. The van der Waals surface area contributed by atoms with Crippen LogP contribution in [0, 0.1) is 5.92 Å². The van der Waals surface area contributed by atoms with E-state index in [1.807, 2.05) is 4.72 Å². The fourth-order valence-corrected chi connectivity index (χ4v) is 3.90. The van der Waals surface area contributed by atoms with Crippen LogP contribution in [0.5, 0.6) is 0 Å². The van der Waals surface area contributed by atoms with Gasteiger partial charge in [0.1, 0.15) is 5.60 Å². The Morgan fingerprint density at radius 1 is 1.15 bits per heavy atom. The number of sulfonamides is 1. The molecule has 0 spiro atoms. The van der Waals surface area contributed by atoms with E-state index in [4.69, 9.17) is 9.84 Å². The van der Waals surface area contributed by atoms with E-state index in [9.17, 15) is 22.8 Å². The first kappa shape index (κ1) is 22.2. The van der Waals surface area contributed by atoms with Crippen LogP contribution in [0.3, 0.4) is 0 Å². The van der Waals surface area contributed by atoms with Crippen LogP contribution in [0.15, 0.2) is 0 Å². The normalized spacial score (nSPS) is 20.4. The van der Waals surface area contributed by atoms with Gasteiger partial charge in [-0.1, -0.05) is 6.42 Å². The molecule has 2 amide bonds. The molecule has 0 aliphatic heterocycles. The summed E-state index contributed by atoms with van der Waals surface area (Å²) in [6, 6.07) is -0.480. The van der Waals surface area contributed by atoms with Gasteiger partial charge in [-0.2, -0.15) is 0 Å². The van der Waals surface area contributed by atoms with Gasteiger partial charge in [-0.3, -0.25) is 14.3 Å². The number of carboxylic acids is 1. The van der Waals surface area contributed by atoms with Gasteiger partial charge in [-0.05, 0) is 46.5 Å². The maximum atomic E-state index is 12.3. The SMILES string of the molecule is CC(C)(C)OC(=O)N[C@H]1CCC[C@H]1C(=O)NS(=O)(=O)CCCCC(=O)O. The lowest BCUT2D eigenvalue weighted by atomic mass is 10.0. The Hall–Kier alpha value is -1.84. The molecule has 2 atom stereocenters. The number of rotatable bonds is 8. The molecular weight excluding hydrogens is 364 g/mol. The Kier molecular flexibility index (Phi) is 7.86. The highest BCUT2D eigenvalue weighted by molar-refractivity contribution is 7.90. The molecule has 1 rings (SSSR count). The largest absolute Gasteiger partial charge is 0.481 e. The van der Waals surface area contributed by atoms with Gasteiger partial charge in [0, 0.05) is 12.5 Å². The van der Waals surface area contributed by atoms with Crippen molar-refractivity contribution in [3.05, 3.63) is 0 Å². The summed E-state index contributed by atoms with van der Waals surface area (Å²) in [6.45, 7) is 5.17. The monoisotopic (exact) mass is 392 g/mol. The topological polar surface area (TPSA) is 139 Å². The van der Waals surface area contributed by atoms with Crippen molar-refractivity contribution in [1.29, 1.82) is 0 Å². The number of nitrogens with one attached hydrogen (secondary N) is 2. The van der Waals surface area contributed by atoms with Crippen molar-refractivity contribution in [2.45, 2.75) is 70.9 Å². The van der Waals surface area contributed by atoms with E-state index in [0.29, 0.717) is 19.3 Å². The minimum absolute atomic E-state index is 0.117. The van der Waals surface area contributed by atoms with E-state index >= 15 is 0 Å². The summed E-state index contributed by atoms with van der Waals surface area (Å²) >= 11 is 0. The van der Waals surface area contributed by atoms with Crippen LogP contribution in [-0.2, 0) is 24.3 Å². The molecule has 1 saturated carbocycles. The lowest BCUT2D eigenvalue weighted by molar-refractivity contribution is -0.137. The summed E-state index contributed by atoms with van der Waals surface area (Å²) in [6.07, 6.45) is 1.34. The third-order valence-corrected chi connectivity index (χ3v) is 5.20.